The second-order valence-electron chi connectivity index (χ2n) is 5.90. The van der Waals surface area contributed by atoms with Gasteiger partial charge < -0.3 is 15.2 Å². The van der Waals surface area contributed by atoms with Crippen molar-refractivity contribution in [2.75, 3.05) is 6.54 Å². The first-order valence-electron chi connectivity index (χ1n) is 7.32. The third-order valence-corrected chi connectivity index (χ3v) is 4.55. The minimum atomic E-state index is -0.648. The van der Waals surface area contributed by atoms with Crippen LogP contribution in [0.3, 0.4) is 0 Å². The number of aliphatic hydroxyl groups excluding tert-OH is 1. The van der Waals surface area contributed by atoms with Crippen LogP contribution in [-0.4, -0.2) is 43.2 Å². The lowest BCUT2D eigenvalue weighted by Gasteiger charge is -2.14. The monoisotopic (exact) mass is 300 g/mol. The minimum Gasteiger partial charge on any atom is -0.390 e. The molecule has 1 aliphatic carbocycles. The highest BCUT2D eigenvalue weighted by atomic mass is 16.6. The van der Waals surface area contributed by atoms with E-state index in [1.807, 2.05) is 6.07 Å². The summed E-state index contributed by atoms with van der Waals surface area (Å²) in [6.07, 6.45) is 3.29. The standard InChI is InChI=1S/C15H16N4O3/c20-11(8-17-6-5-16-15(17)19(21)22)9-18-13-7-10-3-1-2-4-12(10)14(13)18/h1-6,11,13-14,20H,7-9H2. The highest BCUT2D eigenvalue weighted by Crippen LogP contribution is 2.51. The summed E-state index contributed by atoms with van der Waals surface area (Å²) < 4.78 is 1.39. The van der Waals surface area contributed by atoms with E-state index in [0.717, 1.165) is 6.42 Å². The number of benzene rings is 1. The lowest BCUT2D eigenvalue weighted by atomic mass is 10.1. The lowest BCUT2D eigenvalue weighted by molar-refractivity contribution is -0.397. The van der Waals surface area contributed by atoms with Crippen molar-refractivity contribution in [1.82, 2.24) is 14.5 Å². The highest BCUT2D eigenvalue weighted by Gasteiger charge is 2.53. The second-order valence-corrected chi connectivity index (χ2v) is 5.90. The predicted molar refractivity (Wildman–Crippen MR) is 78.3 cm³/mol. The van der Waals surface area contributed by atoms with Gasteiger partial charge in [0.25, 0.3) is 0 Å². The van der Waals surface area contributed by atoms with Gasteiger partial charge in [-0.1, -0.05) is 29.2 Å². The largest absolute Gasteiger partial charge is 0.434 e. The molecule has 1 aromatic heterocycles. The number of aromatic nitrogens is 2. The van der Waals surface area contributed by atoms with Gasteiger partial charge >= 0.3 is 5.95 Å². The summed E-state index contributed by atoms with van der Waals surface area (Å²) in [5, 5.41) is 21.1. The minimum absolute atomic E-state index is 0.188. The van der Waals surface area contributed by atoms with E-state index in [4.69, 9.17) is 0 Å². The molecule has 1 N–H and O–H groups in total. The predicted octanol–water partition coefficient (Wildman–Crippen LogP) is 1.13. The van der Waals surface area contributed by atoms with Crippen LogP contribution in [-0.2, 0) is 13.0 Å². The van der Waals surface area contributed by atoms with Gasteiger partial charge in [-0.15, -0.1) is 0 Å². The molecule has 4 rings (SSSR count). The van der Waals surface area contributed by atoms with Crippen LogP contribution in [0.5, 0.6) is 0 Å². The zero-order valence-electron chi connectivity index (χ0n) is 11.9. The third-order valence-electron chi connectivity index (χ3n) is 4.55. The lowest BCUT2D eigenvalue weighted by Crippen LogP contribution is -2.27. The normalized spacial score (nSPS) is 26.3. The fourth-order valence-corrected chi connectivity index (χ4v) is 3.57. The van der Waals surface area contributed by atoms with Gasteiger partial charge in [0, 0.05) is 12.6 Å². The zero-order chi connectivity index (χ0) is 15.3. The summed E-state index contributed by atoms with van der Waals surface area (Å²) in [5.74, 6) is -0.226. The summed E-state index contributed by atoms with van der Waals surface area (Å²) in [6, 6.07) is 9.29. The maximum atomic E-state index is 10.8. The molecule has 1 fully saturated rings. The Labute approximate surface area is 127 Å². The first kappa shape index (κ1) is 13.4. The number of nitro groups is 1. The molecule has 4 unspecified atom stereocenters. The number of fused-ring (bicyclic) bond motifs is 3. The molecule has 2 aliphatic rings. The Morgan fingerprint density at radius 3 is 3.05 bits per heavy atom. The van der Waals surface area contributed by atoms with Gasteiger partial charge in [0.15, 0.2) is 0 Å². The van der Waals surface area contributed by atoms with Crippen LogP contribution in [0.25, 0.3) is 0 Å². The van der Waals surface area contributed by atoms with Gasteiger partial charge in [-0.05, 0) is 22.5 Å². The van der Waals surface area contributed by atoms with Crippen LogP contribution in [0, 0.1) is 10.1 Å². The quantitative estimate of drug-likeness (QED) is 0.508. The van der Waals surface area contributed by atoms with Gasteiger partial charge in [0.1, 0.15) is 12.4 Å². The van der Waals surface area contributed by atoms with Crippen LogP contribution >= 0.6 is 0 Å². The molecule has 4 atom stereocenters. The number of hydrogen-bond donors (Lipinski definition) is 1. The Morgan fingerprint density at radius 1 is 1.41 bits per heavy atom. The molecule has 7 nitrogen and oxygen atoms in total. The van der Waals surface area contributed by atoms with Gasteiger partial charge in [-0.2, -0.15) is 0 Å². The van der Waals surface area contributed by atoms with Crippen LogP contribution in [0.15, 0.2) is 36.7 Å². The van der Waals surface area contributed by atoms with Crippen LogP contribution in [0.1, 0.15) is 17.2 Å². The van der Waals surface area contributed by atoms with Crippen molar-refractivity contribution in [3.05, 3.63) is 57.9 Å². The third kappa shape index (κ3) is 2.10. The van der Waals surface area contributed by atoms with Crippen LogP contribution < -0.4 is 0 Å². The molecule has 2 heterocycles. The molecule has 0 bridgehead atoms. The maximum absolute atomic E-state index is 10.8. The Bertz CT molecular complexity index is 729. The topological polar surface area (TPSA) is 84.2 Å². The SMILES string of the molecule is O=[N+]([O-])c1nccn1CC(O)CN1C2Cc3ccccc3C21. The number of hydrogen-bond acceptors (Lipinski definition) is 5. The average molecular weight is 300 g/mol. The molecule has 0 spiro atoms. The van der Waals surface area contributed by atoms with Crippen molar-refractivity contribution in [3.63, 3.8) is 0 Å². The fourth-order valence-electron chi connectivity index (χ4n) is 3.57. The molecule has 1 aromatic carbocycles. The molecule has 7 heteroatoms. The van der Waals surface area contributed by atoms with E-state index < -0.39 is 11.0 Å². The number of nitrogens with zero attached hydrogens (tertiary/aromatic N) is 4. The van der Waals surface area contributed by atoms with Gasteiger partial charge in [-0.25, -0.2) is 4.57 Å². The summed E-state index contributed by atoms with van der Waals surface area (Å²) in [6.45, 7) is 0.715. The Morgan fingerprint density at radius 2 is 2.23 bits per heavy atom. The molecular formula is C15H16N4O3. The summed E-state index contributed by atoms with van der Waals surface area (Å²) in [7, 11) is 0. The number of imidazole rings is 1. The summed E-state index contributed by atoms with van der Waals surface area (Å²) >= 11 is 0. The van der Waals surface area contributed by atoms with Crippen molar-refractivity contribution in [2.45, 2.75) is 31.2 Å². The van der Waals surface area contributed by atoms with E-state index in [2.05, 4.69) is 28.1 Å². The molecule has 0 amide bonds. The first-order valence-corrected chi connectivity index (χ1v) is 7.32. The zero-order valence-corrected chi connectivity index (χ0v) is 11.9. The summed E-state index contributed by atoms with van der Waals surface area (Å²) in [4.78, 5) is 16.2. The van der Waals surface area contributed by atoms with Gasteiger partial charge in [0.2, 0.25) is 0 Å². The number of β-amino-alcohol motifs (C(OH)–C–C–N with tert-alkyl or cyclic N) is 1. The molecule has 1 saturated heterocycles. The van der Waals surface area contributed by atoms with Crippen molar-refractivity contribution in [2.24, 2.45) is 0 Å². The van der Waals surface area contributed by atoms with Crippen molar-refractivity contribution in [1.29, 1.82) is 0 Å². The smallest absolute Gasteiger partial charge is 0.390 e. The van der Waals surface area contributed by atoms with Crippen molar-refractivity contribution >= 4 is 5.95 Å². The highest BCUT2D eigenvalue weighted by molar-refractivity contribution is 5.42. The molecule has 0 radical (unpaired) electrons. The van der Waals surface area contributed by atoms with E-state index >= 15 is 0 Å². The second kappa shape index (κ2) is 4.89. The van der Waals surface area contributed by atoms with Gasteiger partial charge in [0.05, 0.1) is 18.7 Å². The fraction of sp³-hybridized carbons (Fsp3) is 0.400. The van der Waals surface area contributed by atoms with Crippen LogP contribution in [0.2, 0.25) is 0 Å². The molecule has 2 aromatic rings. The Hall–Kier alpha value is -2.25. The number of rotatable bonds is 5. The molecule has 114 valence electrons. The summed E-state index contributed by atoms with van der Waals surface area (Å²) in [5.41, 5.74) is 2.75. The van der Waals surface area contributed by atoms with Crippen molar-refractivity contribution in [3.8, 4) is 0 Å². The van der Waals surface area contributed by atoms with Crippen LogP contribution in [0.4, 0.5) is 5.95 Å². The molecule has 0 saturated carbocycles. The number of aliphatic hydroxyl groups is 1. The first-order chi connectivity index (χ1) is 10.6. The maximum Gasteiger partial charge on any atom is 0.434 e. The van der Waals surface area contributed by atoms with E-state index in [-0.39, 0.29) is 12.5 Å². The Kier molecular flexibility index (Phi) is 2.98. The van der Waals surface area contributed by atoms with E-state index in [1.54, 1.807) is 0 Å². The molecular weight excluding hydrogens is 284 g/mol. The Balaban J connectivity index is 1.40. The van der Waals surface area contributed by atoms with E-state index in [9.17, 15) is 15.2 Å². The van der Waals surface area contributed by atoms with Gasteiger partial charge in [-0.3, -0.25) is 4.90 Å². The molecule has 1 aliphatic heterocycles. The van der Waals surface area contributed by atoms with E-state index in [0.29, 0.717) is 18.6 Å². The van der Waals surface area contributed by atoms with E-state index in [1.165, 1.54) is 28.1 Å². The molecule has 22 heavy (non-hydrogen) atoms. The van der Waals surface area contributed by atoms with Crippen molar-refractivity contribution < 1.29 is 10.0 Å². The average Bonchev–Trinajstić information content (AvgIpc) is 2.89.